The summed E-state index contributed by atoms with van der Waals surface area (Å²) in [5, 5.41) is 6.99. The molecule has 0 bridgehead atoms. The first kappa shape index (κ1) is 28.8. The summed E-state index contributed by atoms with van der Waals surface area (Å²) in [6.07, 6.45) is 2.59. The van der Waals surface area contributed by atoms with Crippen molar-refractivity contribution < 1.29 is 18.7 Å². The summed E-state index contributed by atoms with van der Waals surface area (Å²) >= 11 is 7.74. The van der Waals surface area contributed by atoms with Crippen LogP contribution >= 0.6 is 23.4 Å². The van der Waals surface area contributed by atoms with Crippen LogP contribution in [0.3, 0.4) is 0 Å². The molecule has 0 aliphatic heterocycles. The molecule has 3 aromatic rings. The van der Waals surface area contributed by atoms with Gasteiger partial charge >= 0.3 is 6.09 Å². The summed E-state index contributed by atoms with van der Waals surface area (Å²) in [5.74, 6) is 2.80. The SMILES string of the molecule is CC(C)CC(CNC(CCSCc1ccco1)C(=O)c1ccc(Cl)cc1)NC(=O)OCc1ccccc1. The van der Waals surface area contributed by atoms with Crippen molar-refractivity contribution in [1.82, 2.24) is 10.6 Å². The number of thioether (sulfide) groups is 1. The third-order valence-corrected chi connectivity index (χ3v) is 6.99. The maximum Gasteiger partial charge on any atom is 0.407 e. The molecule has 2 atom stereocenters. The summed E-state index contributed by atoms with van der Waals surface area (Å²) in [6.45, 7) is 4.86. The van der Waals surface area contributed by atoms with Crippen LogP contribution < -0.4 is 10.6 Å². The lowest BCUT2D eigenvalue weighted by molar-refractivity contribution is 0.0939. The normalized spacial score (nSPS) is 12.8. The van der Waals surface area contributed by atoms with Gasteiger partial charge in [-0.05, 0) is 66.5 Å². The molecule has 0 radical (unpaired) electrons. The van der Waals surface area contributed by atoms with Gasteiger partial charge in [-0.1, -0.05) is 55.8 Å². The minimum absolute atomic E-state index is 0.00483. The maximum atomic E-state index is 13.3. The molecule has 37 heavy (non-hydrogen) atoms. The van der Waals surface area contributed by atoms with Gasteiger partial charge in [0, 0.05) is 23.2 Å². The summed E-state index contributed by atoms with van der Waals surface area (Å²) < 4.78 is 10.8. The number of nitrogens with one attached hydrogen (secondary N) is 2. The predicted octanol–water partition coefficient (Wildman–Crippen LogP) is 6.74. The van der Waals surface area contributed by atoms with E-state index in [4.69, 9.17) is 20.8 Å². The number of hydrogen-bond acceptors (Lipinski definition) is 6. The number of alkyl carbamates (subject to hydrolysis) is 1. The van der Waals surface area contributed by atoms with E-state index in [0.29, 0.717) is 29.5 Å². The van der Waals surface area contributed by atoms with Crippen molar-refractivity contribution in [2.45, 2.75) is 51.1 Å². The Balaban J connectivity index is 1.58. The lowest BCUT2D eigenvalue weighted by Crippen LogP contribution is -2.48. The Hall–Kier alpha value is -2.74. The number of rotatable bonds is 15. The van der Waals surface area contributed by atoms with Gasteiger partial charge in [-0.25, -0.2) is 4.79 Å². The Morgan fingerprint density at radius 2 is 1.78 bits per heavy atom. The second-order valence-corrected chi connectivity index (χ2v) is 10.8. The molecule has 0 spiro atoms. The number of amides is 1. The van der Waals surface area contributed by atoms with Crippen LogP contribution in [0.4, 0.5) is 4.79 Å². The molecule has 2 unspecified atom stereocenters. The fourth-order valence-corrected chi connectivity index (χ4v) is 4.93. The Labute approximate surface area is 228 Å². The summed E-state index contributed by atoms with van der Waals surface area (Å²) in [7, 11) is 0. The van der Waals surface area contributed by atoms with Crippen LogP contribution in [0, 0.1) is 5.92 Å². The second kappa shape index (κ2) is 15.5. The molecule has 1 aromatic heterocycles. The molecule has 198 valence electrons. The van der Waals surface area contributed by atoms with Gasteiger partial charge in [-0.2, -0.15) is 11.8 Å². The van der Waals surface area contributed by atoms with Crippen molar-refractivity contribution in [1.29, 1.82) is 0 Å². The van der Waals surface area contributed by atoms with E-state index in [-0.39, 0.29) is 18.4 Å². The summed E-state index contributed by atoms with van der Waals surface area (Å²) in [4.78, 5) is 25.9. The highest BCUT2D eigenvalue weighted by Crippen LogP contribution is 2.17. The molecule has 3 rings (SSSR count). The molecule has 0 saturated carbocycles. The van der Waals surface area contributed by atoms with Crippen LogP contribution in [0.25, 0.3) is 0 Å². The Kier molecular flexibility index (Phi) is 12.1. The van der Waals surface area contributed by atoms with Crippen molar-refractivity contribution in [3.8, 4) is 0 Å². The number of ether oxygens (including phenoxy) is 1. The van der Waals surface area contributed by atoms with Crippen molar-refractivity contribution in [2.24, 2.45) is 5.92 Å². The minimum atomic E-state index is -0.467. The molecule has 8 heteroatoms. The standard InChI is InChI=1S/C29H35ClN2O4S/c1-21(2)17-25(32-29(34)36-19-22-7-4-3-5-8-22)18-31-27(14-16-37-20-26-9-6-15-35-26)28(33)23-10-12-24(30)13-11-23/h3-13,15,21,25,27,31H,14,16-20H2,1-2H3,(H,32,34). The number of ketones is 1. The quantitative estimate of drug-likeness (QED) is 0.163. The average Bonchev–Trinajstić information content (AvgIpc) is 3.41. The molecule has 0 fully saturated rings. The molecule has 2 N–H and O–H groups in total. The molecule has 2 aromatic carbocycles. The van der Waals surface area contributed by atoms with Crippen LogP contribution in [0.5, 0.6) is 0 Å². The zero-order chi connectivity index (χ0) is 26.5. The molecule has 0 saturated heterocycles. The second-order valence-electron chi connectivity index (χ2n) is 9.29. The largest absolute Gasteiger partial charge is 0.468 e. The fraction of sp³-hybridized carbons (Fsp3) is 0.379. The topological polar surface area (TPSA) is 80.6 Å². The third-order valence-electron chi connectivity index (χ3n) is 5.72. The van der Waals surface area contributed by atoms with Crippen LogP contribution in [0.15, 0.2) is 77.4 Å². The number of carbonyl (C=O) groups is 2. The van der Waals surface area contributed by atoms with Gasteiger partial charge < -0.3 is 19.8 Å². The number of Topliss-reactive ketones (excluding diaryl/α,β-unsaturated/α-hetero) is 1. The van der Waals surface area contributed by atoms with E-state index >= 15 is 0 Å². The Morgan fingerprint density at radius 1 is 1.03 bits per heavy atom. The summed E-state index contributed by atoms with van der Waals surface area (Å²) in [6, 6.07) is 19.8. The fourth-order valence-electron chi connectivity index (χ4n) is 3.89. The van der Waals surface area contributed by atoms with E-state index in [9.17, 15) is 9.59 Å². The average molecular weight is 543 g/mol. The lowest BCUT2D eigenvalue weighted by atomic mass is 10.00. The van der Waals surface area contributed by atoms with Crippen LogP contribution in [0.2, 0.25) is 5.02 Å². The van der Waals surface area contributed by atoms with Gasteiger partial charge in [-0.15, -0.1) is 0 Å². The van der Waals surface area contributed by atoms with Crippen molar-refractivity contribution in [2.75, 3.05) is 12.3 Å². The van der Waals surface area contributed by atoms with Gasteiger partial charge in [0.25, 0.3) is 0 Å². The van der Waals surface area contributed by atoms with Gasteiger partial charge in [0.05, 0.1) is 18.1 Å². The first-order valence-electron chi connectivity index (χ1n) is 12.5. The highest BCUT2D eigenvalue weighted by Gasteiger charge is 2.23. The van der Waals surface area contributed by atoms with Gasteiger partial charge in [0.15, 0.2) is 5.78 Å². The lowest BCUT2D eigenvalue weighted by Gasteiger charge is -2.24. The Bertz CT molecular complexity index is 1080. The Morgan fingerprint density at radius 3 is 2.46 bits per heavy atom. The summed E-state index contributed by atoms with van der Waals surface area (Å²) in [5.41, 5.74) is 1.53. The number of furan rings is 1. The van der Waals surface area contributed by atoms with E-state index in [1.165, 1.54) is 0 Å². The number of hydrogen-bond donors (Lipinski definition) is 2. The highest BCUT2D eigenvalue weighted by atomic mass is 35.5. The zero-order valence-electron chi connectivity index (χ0n) is 21.3. The van der Waals surface area contributed by atoms with E-state index in [1.54, 1.807) is 42.3 Å². The highest BCUT2D eigenvalue weighted by molar-refractivity contribution is 7.98. The van der Waals surface area contributed by atoms with Crippen molar-refractivity contribution in [3.63, 3.8) is 0 Å². The van der Waals surface area contributed by atoms with E-state index < -0.39 is 12.1 Å². The van der Waals surface area contributed by atoms with Crippen molar-refractivity contribution >= 4 is 35.2 Å². The van der Waals surface area contributed by atoms with E-state index in [2.05, 4.69) is 24.5 Å². The van der Waals surface area contributed by atoms with E-state index in [1.807, 2.05) is 42.5 Å². The van der Waals surface area contributed by atoms with Crippen LogP contribution in [-0.2, 0) is 17.1 Å². The number of carbonyl (C=O) groups excluding carboxylic acids is 2. The molecule has 1 amide bonds. The molecule has 6 nitrogen and oxygen atoms in total. The molecule has 0 aliphatic carbocycles. The maximum absolute atomic E-state index is 13.3. The molecular formula is C29H35ClN2O4S. The van der Waals surface area contributed by atoms with Gasteiger partial charge in [-0.3, -0.25) is 4.79 Å². The monoisotopic (exact) mass is 542 g/mol. The number of benzene rings is 2. The number of halogens is 1. The first-order chi connectivity index (χ1) is 17.9. The third kappa shape index (κ3) is 10.6. The smallest absolute Gasteiger partial charge is 0.407 e. The first-order valence-corrected chi connectivity index (χ1v) is 14.0. The van der Waals surface area contributed by atoms with Crippen molar-refractivity contribution in [3.05, 3.63) is 94.9 Å². The minimum Gasteiger partial charge on any atom is -0.468 e. The van der Waals surface area contributed by atoms with Gasteiger partial charge in [0.1, 0.15) is 12.4 Å². The molecule has 1 heterocycles. The van der Waals surface area contributed by atoms with Gasteiger partial charge in [0.2, 0.25) is 0 Å². The van der Waals surface area contributed by atoms with Crippen LogP contribution in [0.1, 0.15) is 48.4 Å². The van der Waals surface area contributed by atoms with Crippen LogP contribution in [-0.4, -0.2) is 36.3 Å². The molecule has 0 aliphatic rings. The zero-order valence-corrected chi connectivity index (χ0v) is 22.9. The predicted molar refractivity (Wildman–Crippen MR) is 150 cm³/mol. The van der Waals surface area contributed by atoms with E-state index in [0.717, 1.165) is 29.3 Å². The molecular weight excluding hydrogens is 508 g/mol.